The van der Waals surface area contributed by atoms with Crippen LogP contribution >= 0.6 is 0 Å². The molecule has 0 aliphatic heterocycles. The number of amides is 1. The molecule has 1 amide bonds. The van der Waals surface area contributed by atoms with Crippen LogP contribution in [0.5, 0.6) is 0 Å². The van der Waals surface area contributed by atoms with Gasteiger partial charge in [-0.1, -0.05) is 18.6 Å². The van der Waals surface area contributed by atoms with Gasteiger partial charge in [0.05, 0.1) is 5.56 Å². The SMILES string of the molecule is NC1CC2CCCC(C1)C2NC(=O)c1c[nH]cc1-c1ccc(F)cc1. The molecule has 1 heterocycles. The number of rotatable bonds is 3. The maximum absolute atomic E-state index is 13.2. The lowest BCUT2D eigenvalue weighted by Gasteiger charge is -2.45. The largest absolute Gasteiger partial charge is 0.366 e. The maximum atomic E-state index is 13.2. The van der Waals surface area contributed by atoms with Gasteiger partial charge in [-0.2, -0.15) is 0 Å². The number of benzene rings is 1. The fourth-order valence-corrected chi connectivity index (χ4v) is 4.67. The second kappa shape index (κ2) is 6.64. The van der Waals surface area contributed by atoms with Crippen molar-refractivity contribution in [1.82, 2.24) is 10.3 Å². The molecule has 2 aliphatic carbocycles. The van der Waals surface area contributed by atoms with Gasteiger partial charge in [0.1, 0.15) is 5.82 Å². The minimum atomic E-state index is -0.281. The van der Waals surface area contributed by atoms with Crippen LogP contribution in [0.2, 0.25) is 0 Å². The molecule has 2 atom stereocenters. The summed E-state index contributed by atoms with van der Waals surface area (Å²) >= 11 is 0. The summed E-state index contributed by atoms with van der Waals surface area (Å²) in [7, 11) is 0. The molecular weight excluding hydrogens is 317 g/mol. The van der Waals surface area contributed by atoms with E-state index in [-0.39, 0.29) is 23.8 Å². The minimum Gasteiger partial charge on any atom is -0.366 e. The van der Waals surface area contributed by atoms with E-state index >= 15 is 0 Å². The van der Waals surface area contributed by atoms with Crippen molar-refractivity contribution >= 4 is 5.91 Å². The van der Waals surface area contributed by atoms with Crippen LogP contribution in [0, 0.1) is 17.7 Å². The van der Waals surface area contributed by atoms with Crippen molar-refractivity contribution < 1.29 is 9.18 Å². The van der Waals surface area contributed by atoms with Gasteiger partial charge in [-0.05, 0) is 55.2 Å². The molecule has 2 unspecified atom stereocenters. The average molecular weight is 341 g/mol. The molecule has 2 saturated carbocycles. The molecule has 5 heteroatoms. The number of hydrogen-bond acceptors (Lipinski definition) is 2. The van der Waals surface area contributed by atoms with Gasteiger partial charge in [-0.3, -0.25) is 4.79 Å². The first-order valence-electron chi connectivity index (χ1n) is 9.11. The monoisotopic (exact) mass is 341 g/mol. The van der Waals surface area contributed by atoms with Gasteiger partial charge in [0, 0.05) is 30.0 Å². The van der Waals surface area contributed by atoms with Crippen LogP contribution in [0.15, 0.2) is 36.7 Å². The lowest BCUT2D eigenvalue weighted by atomic mass is 9.67. The predicted molar refractivity (Wildman–Crippen MR) is 95.5 cm³/mol. The zero-order chi connectivity index (χ0) is 17.4. The van der Waals surface area contributed by atoms with Crippen molar-refractivity contribution in [3.8, 4) is 11.1 Å². The Labute approximate surface area is 147 Å². The van der Waals surface area contributed by atoms with Crippen LogP contribution in [-0.2, 0) is 0 Å². The Morgan fingerprint density at radius 1 is 1.12 bits per heavy atom. The smallest absolute Gasteiger partial charge is 0.253 e. The quantitative estimate of drug-likeness (QED) is 0.800. The van der Waals surface area contributed by atoms with Gasteiger partial charge >= 0.3 is 0 Å². The Kier molecular flexibility index (Phi) is 4.34. The lowest BCUT2D eigenvalue weighted by molar-refractivity contribution is 0.0756. The fraction of sp³-hybridized carbons (Fsp3) is 0.450. The molecule has 0 radical (unpaired) electrons. The third-order valence-electron chi connectivity index (χ3n) is 5.82. The highest BCUT2D eigenvalue weighted by Gasteiger charge is 2.40. The minimum absolute atomic E-state index is 0.0575. The number of aromatic nitrogens is 1. The molecule has 2 aliphatic rings. The number of carbonyl (C=O) groups excluding carboxylic acids is 1. The Morgan fingerprint density at radius 2 is 1.80 bits per heavy atom. The summed E-state index contributed by atoms with van der Waals surface area (Å²) in [4.78, 5) is 15.9. The Balaban J connectivity index is 1.54. The number of nitrogens with one attached hydrogen (secondary N) is 2. The molecule has 0 spiro atoms. The van der Waals surface area contributed by atoms with Crippen molar-refractivity contribution in [2.45, 2.75) is 44.2 Å². The summed E-state index contributed by atoms with van der Waals surface area (Å²) in [6.45, 7) is 0. The summed E-state index contributed by atoms with van der Waals surface area (Å²) in [5.74, 6) is 0.633. The van der Waals surface area contributed by atoms with Crippen molar-refractivity contribution in [3.05, 3.63) is 48.0 Å². The summed E-state index contributed by atoms with van der Waals surface area (Å²) in [6.07, 6.45) is 9.04. The normalized spacial score (nSPS) is 28.6. The molecule has 2 fully saturated rings. The fourth-order valence-electron chi connectivity index (χ4n) is 4.67. The highest BCUT2D eigenvalue weighted by atomic mass is 19.1. The van der Waals surface area contributed by atoms with Crippen LogP contribution in [0.25, 0.3) is 11.1 Å². The van der Waals surface area contributed by atoms with E-state index in [0.717, 1.165) is 36.8 Å². The molecule has 4 N–H and O–H groups in total. The van der Waals surface area contributed by atoms with E-state index in [4.69, 9.17) is 5.73 Å². The number of aromatic amines is 1. The number of hydrogen-bond donors (Lipinski definition) is 3. The number of nitrogens with two attached hydrogens (primary N) is 1. The van der Waals surface area contributed by atoms with Crippen LogP contribution < -0.4 is 11.1 Å². The third-order valence-corrected chi connectivity index (χ3v) is 5.82. The topological polar surface area (TPSA) is 70.9 Å². The first-order chi connectivity index (χ1) is 12.1. The van der Waals surface area contributed by atoms with E-state index in [1.807, 2.05) is 0 Å². The highest BCUT2D eigenvalue weighted by Crippen LogP contribution is 2.40. The third kappa shape index (κ3) is 3.21. The van der Waals surface area contributed by atoms with Crippen LogP contribution in [0.3, 0.4) is 0 Å². The Hall–Kier alpha value is -2.14. The summed E-state index contributed by atoms with van der Waals surface area (Å²) in [5.41, 5.74) is 8.42. The van der Waals surface area contributed by atoms with E-state index < -0.39 is 0 Å². The summed E-state index contributed by atoms with van der Waals surface area (Å²) in [5, 5.41) is 3.28. The van der Waals surface area contributed by atoms with E-state index in [9.17, 15) is 9.18 Å². The van der Waals surface area contributed by atoms with Crippen molar-refractivity contribution in [2.75, 3.05) is 0 Å². The zero-order valence-electron chi connectivity index (χ0n) is 14.2. The molecule has 25 heavy (non-hydrogen) atoms. The van der Waals surface area contributed by atoms with Crippen LogP contribution in [0.4, 0.5) is 4.39 Å². The Morgan fingerprint density at radius 3 is 2.48 bits per heavy atom. The lowest BCUT2D eigenvalue weighted by Crippen LogP contribution is -2.53. The van der Waals surface area contributed by atoms with E-state index in [0.29, 0.717) is 17.4 Å². The molecule has 4 nitrogen and oxygen atoms in total. The number of halogens is 1. The second-order valence-electron chi connectivity index (χ2n) is 7.47. The van der Waals surface area contributed by atoms with E-state index in [1.54, 1.807) is 24.5 Å². The van der Waals surface area contributed by atoms with Gasteiger partial charge in [0.2, 0.25) is 0 Å². The number of carbonyl (C=O) groups is 1. The average Bonchev–Trinajstić information content (AvgIpc) is 3.06. The molecule has 132 valence electrons. The predicted octanol–water partition coefficient (Wildman–Crippen LogP) is 3.46. The molecular formula is C20H24FN3O. The van der Waals surface area contributed by atoms with E-state index in [2.05, 4.69) is 10.3 Å². The van der Waals surface area contributed by atoms with Gasteiger partial charge in [-0.15, -0.1) is 0 Å². The summed E-state index contributed by atoms with van der Waals surface area (Å²) in [6, 6.07) is 6.71. The van der Waals surface area contributed by atoms with Crippen LogP contribution in [0.1, 0.15) is 42.5 Å². The van der Waals surface area contributed by atoms with Crippen molar-refractivity contribution in [3.63, 3.8) is 0 Å². The number of H-pyrrole nitrogens is 1. The first-order valence-corrected chi connectivity index (χ1v) is 9.11. The van der Waals surface area contributed by atoms with Gasteiger partial charge < -0.3 is 16.0 Å². The van der Waals surface area contributed by atoms with E-state index in [1.165, 1.54) is 18.6 Å². The Bertz CT molecular complexity index is 741. The van der Waals surface area contributed by atoms with Crippen molar-refractivity contribution in [1.29, 1.82) is 0 Å². The zero-order valence-corrected chi connectivity index (χ0v) is 14.2. The standard InChI is InChI=1S/C20H24FN3O/c21-15-6-4-12(5-7-15)17-10-23-11-18(17)20(25)24-19-13-2-1-3-14(19)9-16(22)8-13/h4-7,10-11,13-14,16,19,23H,1-3,8-9,22H2,(H,24,25). The highest BCUT2D eigenvalue weighted by molar-refractivity contribution is 6.01. The van der Waals surface area contributed by atoms with Gasteiger partial charge in [0.25, 0.3) is 5.91 Å². The van der Waals surface area contributed by atoms with Gasteiger partial charge in [0.15, 0.2) is 0 Å². The maximum Gasteiger partial charge on any atom is 0.253 e. The second-order valence-corrected chi connectivity index (χ2v) is 7.47. The number of fused-ring (bicyclic) bond motifs is 2. The first kappa shape index (κ1) is 16.3. The molecule has 4 rings (SSSR count). The summed E-state index contributed by atoms with van der Waals surface area (Å²) < 4.78 is 13.2. The molecule has 2 aromatic rings. The molecule has 1 aromatic carbocycles. The van der Waals surface area contributed by atoms with Crippen LogP contribution in [-0.4, -0.2) is 23.0 Å². The molecule has 0 saturated heterocycles. The molecule has 2 bridgehead atoms. The molecule has 1 aromatic heterocycles. The van der Waals surface area contributed by atoms with Gasteiger partial charge in [-0.25, -0.2) is 4.39 Å². The van der Waals surface area contributed by atoms with Crippen molar-refractivity contribution in [2.24, 2.45) is 17.6 Å².